The van der Waals surface area contributed by atoms with Crippen molar-refractivity contribution in [1.29, 1.82) is 0 Å². The number of carbonyl (C=O) groups excluding carboxylic acids is 1. The number of carbonyl (C=O) groups is 1. The normalized spacial score (nSPS) is 29.7. The molecule has 3 fully saturated rings. The Morgan fingerprint density at radius 3 is 2.79 bits per heavy atom. The highest BCUT2D eigenvalue weighted by Crippen LogP contribution is 2.71. The zero-order valence-electron chi connectivity index (χ0n) is 17.6. The number of aromatic nitrogens is 2. The molecule has 1 amide bonds. The number of halogens is 3. The number of anilines is 1. The van der Waals surface area contributed by atoms with E-state index < -0.39 is 11.7 Å². The number of rotatable bonds is 4. The third kappa shape index (κ3) is 3.20. The summed E-state index contributed by atoms with van der Waals surface area (Å²) in [6, 6.07) is 7.96. The van der Waals surface area contributed by atoms with Crippen molar-refractivity contribution in [1.82, 2.24) is 20.2 Å². The molecular formula is C24H22F3N5O. The van der Waals surface area contributed by atoms with Crippen LogP contribution in [0.3, 0.4) is 0 Å². The van der Waals surface area contributed by atoms with Crippen LogP contribution in [0, 0.1) is 11.3 Å². The van der Waals surface area contributed by atoms with Gasteiger partial charge in [-0.25, -0.2) is 4.98 Å². The molecule has 6 rings (SSSR count). The lowest BCUT2D eigenvalue weighted by Gasteiger charge is -2.48. The van der Waals surface area contributed by atoms with Crippen LogP contribution in [0.2, 0.25) is 0 Å². The van der Waals surface area contributed by atoms with E-state index in [-0.39, 0.29) is 23.4 Å². The molecule has 0 aromatic carbocycles. The molecule has 33 heavy (non-hydrogen) atoms. The molecule has 0 bridgehead atoms. The molecule has 4 atom stereocenters. The van der Waals surface area contributed by atoms with Crippen molar-refractivity contribution in [2.75, 3.05) is 18.4 Å². The van der Waals surface area contributed by atoms with E-state index in [9.17, 15) is 18.0 Å². The summed E-state index contributed by atoms with van der Waals surface area (Å²) in [7, 11) is 0. The van der Waals surface area contributed by atoms with Gasteiger partial charge < -0.3 is 15.5 Å². The van der Waals surface area contributed by atoms with Gasteiger partial charge in [0.2, 0.25) is 0 Å². The fraction of sp³-hybridized carbons (Fsp3) is 0.375. The van der Waals surface area contributed by atoms with Crippen molar-refractivity contribution >= 4 is 17.4 Å². The SMILES string of the molecule is O=C(C1=C(c2ccccn2)NCC=C1)N1CC2CC23CC(Nc2ccc(C(F)(F)F)cn2)C13. The lowest BCUT2D eigenvalue weighted by atomic mass is 9.71. The maximum absolute atomic E-state index is 13.7. The Bertz CT molecular complexity index is 1160. The lowest BCUT2D eigenvalue weighted by Crippen LogP contribution is -2.60. The summed E-state index contributed by atoms with van der Waals surface area (Å²) >= 11 is 0. The van der Waals surface area contributed by atoms with Crippen LogP contribution in [0.1, 0.15) is 24.1 Å². The van der Waals surface area contributed by atoms with Crippen LogP contribution in [0.4, 0.5) is 19.0 Å². The molecule has 0 radical (unpaired) electrons. The van der Waals surface area contributed by atoms with Crippen LogP contribution in [-0.4, -0.2) is 45.9 Å². The number of alkyl halides is 3. The Kier molecular flexibility index (Phi) is 4.34. The highest BCUT2D eigenvalue weighted by atomic mass is 19.4. The predicted octanol–water partition coefficient (Wildman–Crippen LogP) is 3.47. The highest BCUT2D eigenvalue weighted by molar-refractivity contribution is 6.04. The van der Waals surface area contributed by atoms with Crippen LogP contribution in [0.25, 0.3) is 5.70 Å². The zero-order chi connectivity index (χ0) is 22.8. The second kappa shape index (κ2) is 7.07. The highest BCUT2D eigenvalue weighted by Gasteiger charge is 2.75. The minimum absolute atomic E-state index is 0.00639. The Morgan fingerprint density at radius 2 is 2.06 bits per heavy atom. The van der Waals surface area contributed by atoms with Gasteiger partial charge in [-0.15, -0.1) is 0 Å². The van der Waals surface area contributed by atoms with Gasteiger partial charge in [0.25, 0.3) is 5.91 Å². The number of hydrogen-bond acceptors (Lipinski definition) is 5. The molecule has 1 spiro atoms. The van der Waals surface area contributed by atoms with Crippen LogP contribution in [-0.2, 0) is 11.0 Å². The Labute approximate surface area is 188 Å². The second-order valence-corrected chi connectivity index (χ2v) is 9.21. The zero-order valence-corrected chi connectivity index (χ0v) is 17.6. The van der Waals surface area contributed by atoms with Gasteiger partial charge in [0.05, 0.1) is 28.6 Å². The number of hydrogen-bond donors (Lipinski definition) is 2. The molecule has 2 saturated carbocycles. The second-order valence-electron chi connectivity index (χ2n) is 9.21. The topological polar surface area (TPSA) is 70.2 Å². The predicted molar refractivity (Wildman–Crippen MR) is 116 cm³/mol. The monoisotopic (exact) mass is 453 g/mol. The van der Waals surface area contributed by atoms with E-state index in [0.717, 1.165) is 36.5 Å². The first kappa shape index (κ1) is 20.3. The van der Waals surface area contributed by atoms with E-state index in [1.807, 2.05) is 35.3 Å². The van der Waals surface area contributed by atoms with E-state index in [1.165, 1.54) is 6.07 Å². The van der Waals surface area contributed by atoms with Crippen LogP contribution in [0.5, 0.6) is 0 Å². The van der Waals surface area contributed by atoms with Gasteiger partial charge in [-0.05, 0) is 54.5 Å². The van der Waals surface area contributed by atoms with E-state index in [2.05, 4.69) is 20.6 Å². The molecule has 4 aliphatic rings. The number of piperidine rings is 1. The average molecular weight is 453 g/mol. The summed E-state index contributed by atoms with van der Waals surface area (Å²) in [6.07, 6.45) is 3.91. The molecule has 4 unspecified atom stereocenters. The maximum atomic E-state index is 13.7. The molecule has 9 heteroatoms. The molecule has 170 valence electrons. The number of nitrogens with zero attached hydrogens (tertiary/aromatic N) is 3. The first-order valence-electron chi connectivity index (χ1n) is 11.0. The van der Waals surface area contributed by atoms with Gasteiger partial charge in [0.1, 0.15) is 5.82 Å². The van der Waals surface area contributed by atoms with Gasteiger partial charge >= 0.3 is 6.18 Å². The van der Waals surface area contributed by atoms with E-state index in [1.54, 1.807) is 6.20 Å². The quantitative estimate of drug-likeness (QED) is 0.742. The van der Waals surface area contributed by atoms with E-state index in [0.29, 0.717) is 30.4 Å². The number of nitrogens with one attached hydrogen (secondary N) is 2. The van der Waals surface area contributed by atoms with Gasteiger partial charge in [0, 0.05) is 31.5 Å². The number of amides is 1. The molecule has 2 N–H and O–H groups in total. The minimum atomic E-state index is -4.41. The molecule has 1 saturated heterocycles. The van der Waals surface area contributed by atoms with Crippen molar-refractivity contribution in [2.45, 2.75) is 31.1 Å². The summed E-state index contributed by atoms with van der Waals surface area (Å²) < 4.78 is 38.5. The molecule has 2 aromatic heterocycles. The van der Waals surface area contributed by atoms with Crippen molar-refractivity contribution in [3.63, 3.8) is 0 Å². The summed E-state index contributed by atoms with van der Waals surface area (Å²) in [5.74, 6) is 0.846. The van der Waals surface area contributed by atoms with Gasteiger partial charge in [-0.3, -0.25) is 9.78 Å². The van der Waals surface area contributed by atoms with Gasteiger partial charge in [0.15, 0.2) is 0 Å². The van der Waals surface area contributed by atoms with Gasteiger partial charge in [-0.1, -0.05) is 12.1 Å². The molecule has 2 aromatic rings. The van der Waals surface area contributed by atoms with Crippen LogP contribution in [0.15, 0.2) is 60.5 Å². The van der Waals surface area contributed by atoms with E-state index in [4.69, 9.17) is 0 Å². The summed E-state index contributed by atoms with van der Waals surface area (Å²) in [5.41, 5.74) is 1.40. The van der Waals surface area contributed by atoms with Crippen LogP contribution < -0.4 is 10.6 Å². The first-order valence-corrected chi connectivity index (χ1v) is 11.0. The number of pyridine rings is 2. The number of dihydropyridines is 1. The van der Waals surface area contributed by atoms with Crippen molar-refractivity contribution in [3.05, 3.63) is 71.7 Å². The lowest BCUT2D eigenvalue weighted by molar-refractivity contribution is -0.137. The average Bonchev–Trinajstić information content (AvgIpc) is 3.47. The van der Waals surface area contributed by atoms with Gasteiger partial charge in [-0.2, -0.15) is 13.2 Å². The van der Waals surface area contributed by atoms with Crippen molar-refractivity contribution in [3.8, 4) is 0 Å². The fourth-order valence-corrected chi connectivity index (χ4v) is 5.78. The van der Waals surface area contributed by atoms with Crippen molar-refractivity contribution < 1.29 is 18.0 Å². The minimum Gasteiger partial charge on any atom is -0.379 e. The summed E-state index contributed by atoms with van der Waals surface area (Å²) in [6.45, 7) is 1.33. The molecule has 2 aliphatic heterocycles. The van der Waals surface area contributed by atoms with Crippen molar-refractivity contribution in [2.24, 2.45) is 11.3 Å². The summed E-state index contributed by atoms with van der Waals surface area (Å²) in [5, 5.41) is 6.57. The smallest absolute Gasteiger partial charge is 0.379 e. The molecule has 4 heterocycles. The molecule has 6 nitrogen and oxygen atoms in total. The Balaban J connectivity index is 1.24. The van der Waals surface area contributed by atoms with Crippen LogP contribution >= 0.6 is 0 Å². The molecular weight excluding hydrogens is 431 g/mol. The maximum Gasteiger partial charge on any atom is 0.417 e. The summed E-state index contributed by atoms with van der Waals surface area (Å²) in [4.78, 5) is 24.0. The third-order valence-electron chi connectivity index (χ3n) is 7.39. The number of likely N-dealkylation sites (tertiary alicyclic amines) is 1. The standard InChI is InChI=1S/C24H22F3N5O/c25-24(26,27)14-6-7-19(30-12-14)31-18-11-23-10-15(23)13-32(21(18)23)22(33)16-4-3-9-29-20(16)17-5-1-2-8-28-17/h1-8,12,15,18,21,29H,9-11,13H2,(H,30,31). The largest absolute Gasteiger partial charge is 0.417 e. The molecule has 2 aliphatic carbocycles. The Morgan fingerprint density at radius 1 is 1.18 bits per heavy atom. The fourth-order valence-electron chi connectivity index (χ4n) is 5.78. The van der Waals surface area contributed by atoms with E-state index >= 15 is 0 Å². The first-order chi connectivity index (χ1) is 15.9. The Hall–Kier alpha value is -3.36. The third-order valence-corrected chi connectivity index (χ3v) is 7.39.